The smallest absolute Gasteiger partial charge is 0.116 e. The van der Waals surface area contributed by atoms with Crippen LogP contribution in [-0.4, -0.2) is 16.3 Å². The van der Waals surface area contributed by atoms with Crippen molar-refractivity contribution in [1.82, 2.24) is 0 Å². The maximum Gasteiger partial charge on any atom is 0.116 e. The van der Waals surface area contributed by atoms with Crippen LogP contribution in [0.4, 0.5) is 0 Å². The highest BCUT2D eigenvalue weighted by Crippen LogP contribution is 2.22. The molecule has 0 saturated heterocycles. The Bertz CT molecular complexity index is 293. The van der Waals surface area contributed by atoms with Gasteiger partial charge in [-0.05, 0) is 62.4 Å². The van der Waals surface area contributed by atoms with E-state index in [0.717, 1.165) is 24.0 Å². The summed E-state index contributed by atoms with van der Waals surface area (Å²) in [6.07, 6.45) is 1.38. The van der Waals surface area contributed by atoms with E-state index in [4.69, 9.17) is 0 Å². The first-order valence-corrected chi connectivity index (χ1v) is 4.98. The van der Waals surface area contributed by atoms with E-state index in [2.05, 4.69) is 0 Å². The fourth-order valence-electron chi connectivity index (χ4n) is 1.72. The van der Waals surface area contributed by atoms with Crippen molar-refractivity contribution in [3.05, 3.63) is 28.8 Å². The Morgan fingerprint density at radius 1 is 1.21 bits per heavy atom. The average Bonchev–Trinajstić information content (AvgIpc) is 2.01. The number of phenolic OH excluding ortho intramolecular Hbond substituents is 1. The van der Waals surface area contributed by atoms with Gasteiger partial charge in [0.1, 0.15) is 5.75 Å². The van der Waals surface area contributed by atoms with Crippen LogP contribution in [-0.2, 0) is 6.42 Å². The molecule has 0 aliphatic rings. The predicted molar refractivity (Wildman–Crippen MR) is 57.6 cm³/mol. The van der Waals surface area contributed by atoms with Crippen molar-refractivity contribution in [1.29, 1.82) is 0 Å². The van der Waals surface area contributed by atoms with E-state index in [1.54, 1.807) is 19.1 Å². The topological polar surface area (TPSA) is 40.5 Å². The molecule has 0 spiro atoms. The molecule has 0 aliphatic heterocycles. The number of aliphatic hydroxyl groups is 1. The fraction of sp³-hybridized carbons (Fsp3) is 0.500. The lowest BCUT2D eigenvalue weighted by molar-refractivity contribution is 0.185. The molecule has 0 fully saturated rings. The Hall–Kier alpha value is -1.02. The molecule has 0 saturated carbocycles. The normalized spacial score (nSPS) is 12.9. The molecular weight excluding hydrogens is 176 g/mol. The Labute approximate surface area is 85.2 Å². The molecule has 1 rings (SSSR count). The van der Waals surface area contributed by atoms with E-state index in [-0.39, 0.29) is 6.10 Å². The summed E-state index contributed by atoms with van der Waals surface area (Å²) in [5, 5.41) is 18.5. The Balaban J connectivity index is 2.86. The van der Waals surface area contributed by atoms with Crippen LogP contribution in [0, 0.1) is 13.8 Å². The molecule has 1 aromatic carbocycles. The zero-order valence-electron chi connectivity index (χ0n) is 9.04. The minimum atomic E-state index is -0.261. The van der Waals surface area contributed by atoms with Gasteiger partial charge >= 0.3 is 0 Å². The predicted octanol–water partition coefficient (Wildman–Crippen LogP) is 2.32. The third-order valence-corrected chi connectivity index (χ3v) is 2.49. The summed E-state index contributed by atoms with van der Waals surface area (Å²) in [6.45, 7) is 5.78. The van der Waals surface area contributed by atoms with Crippen molar-refractivity contribution in [3.8, 4) is 5.75 Å². The summed E-state index contributed by atoms with van der Waals surface area (Å²) in [4.78, 5) is 0. The number of benzene rings is 1. The molecule has 0 bridgehead atoms. The lowest BCUT2D eigenvalue weighted by atomic mass is 9.97. The number of rotatable bonds is 3. The summed E-state index contributed by atoms with van der Waals surface area (Å²) in [6, 6.07) is 3.54. The standard InChI is InChI=1S/C12H18O2/c1-8-6-11(14)7-9(2)12(8)5-4-10(3)13/h6-7,10,13-14H,4-5H2,1-3H3. The minimum absolute atomic E-state index is 0.261. The van der Waals surface area contributed by atoms with Gasteiger partial charge in [0, 0.05) is 0 Å². The molecule has 0 amide bonds. The molecule has 2 nitrogen and oxygen atoms in total. The minimum Gasteiger partial charge on any atom is -0.508 e. The number of hydrogen-bond acceptors (Lipinski definition) is 2. The molecule has 0 heterocycles. The van der Waals surface area contributed by atoms with Gasteiger partial charge < -0.3 is 10.2 Å². The first-order chi connectivity index (χ1) is 6.50. The SMILES string of the molecule is Cc1cc(O)cc(C)c1CCC(C)O. The van der Waals surface area contributed by atoms with Crippen LogP contribution in [0.25, 0.3) is 0 Å². The summed E-state index contributed by atoms with van der Waals surface area (Å²) in [5.74, 6) is 0.320. The first-order valence-electron chi connectivity index (χ1n) is 4.98. The van der Waals surface area contributed by atoms with Crippen LogP contribution >= 0.6 is 0 Å². The Morgan fingerprint density at radius 2 is 1.71 bits per heavy atom. The summed E-state index contributed by atoms with van der Waals surface area (Å²) in [5.41, 5.74) is 3.44. The maximum atomic E-state index is 9.35. The van der Waals surface area contributed by atoms with Crippen molar-refractivity contribution in [2.24, 2.45) is 0 Å². The van der Waals surface area contributed by atoms with Crippen LogP contribution in [0.5, 0.6) is 5.75 Å². The second-order valence-electron chi connectivity index (χ2n) is 3.95. The molecule has 1 unspecified atom stereocenters. The quantitative estimate of drug-likeness (QED) is 0.775. The van der Waals surface area contributed by atoms with Crippen LogP contribution in [0.3, 0.4) is 0 Å². The van der Waals surface area contributed by atoms with Crippen LogP contribution in [0.15, 0.2) is 12.1 Å². The molecular formula is C12H18O2. The number of aliphatic hydroxyl groups excluding tert-OH is 1. The van der Waals surface area contributed by atoms with Gasteiger partial charge in [0.2, 0.25) is 0 Å². The highest BCUT2D eigenvalue weighted by molar-refractivity contribution is 5.40. The van der Waals surface area contributed by atoms with Crippen molar-refractivity contribution in [3.63, 3.8) is 0 Å². The molecule has 0 radical (unpaired) electrons. The van der Waals surface area contributed by atoms with Gasteiger partial charge in [-0.15, -0.1) is 0 Å². The number of aryl methyl sites for hydroxylation is 2. The van der Waals surface area contributed by atoms with E-state index >= 15 is 0 Å². The van der Waals surface area contributed by atoms with Crippen LogP contribution in [0.1, 0.15) is 30.0 Å². The molecule has 14 heavy (non-hydrogen) atoms. The zero-order chi connectivity index (χ0) is 10.7. The van der Waals surface area contributed by atoms with Gasteiger partial charge in [0.25, 0.3) is 0 Å². The molecule has 0 aromatic heterocycles. The first kappa shape index (κ1) is 11.1. The lowest BCUT2D eigenvalue weighted by Gasteiger charge is -2.11. The van der Waals surface area contributed by atoms with Gasteiger partial charge in [0.15, 0.2) is 0 Å². The summed E-state index contributed by atoms with van der Waals surface area (Å²) in [7, 11) is 0. The van der Waals surface area contributed by atoms with E-state index in [1.807, 2.05) is 13.8 Å². The van der Waals surface area contributed by atoms with Crippen molar-refractivity contribution in [2.75, 3.05) is 0 Å². The van der Waals surface area contributed by atoms with Gasteiger partial charge in [-0.2, -0.15) is 0 Å². The van der Waals surface area contributed by atoms with E-state index in [9.17, 15) is 10.2 Å². The van der Waals surface area contributed by atoms with Gasteiger partial charge in [-0.25, -0.2) is 0 Å². The monoisotopic (exact) mass is 194 g/mol. The fourth-order valence-corrected chi connectivity index (χ4v) is 1.72. The van der Waals surface area contributed by atoms with E-state index in [0.29, 0.717) is 5.75 Å². The lowest BCUT2D eigenvalue weighted by Crippen LogP contribution is -2.03. The summed E-state index contributed by atoms with van der Waals surface area (Å²) >= 11 is 0. The number of aromatic hydroxyl groups is 1. The Kier molecular flexibility index (Phi) is 3.53. The van der Waals surface area contributed by atoms with Crippen LogP contribution < -0.4 is 0 Å². The van der Waals surface area contributed by atoms with E-state index < -0.39 is 0 Å². The highest BCUT2D eigenvalue weighted by Gasteiger charge is 2.06. The van der Waals surface area contributed by atoms with Gasteiger partial charge in [0.05, 0.1) is 6.10 Å². The molecule has 78 valence electrons. The van der Waals surface area contributed by atoms with Gasteiger partial charge in [-0.3, -0.25) is 0 Å². The molecule has 2 N–H and O–H groups in total. The highest BCUT2D eigenvalue weighted by atomic mass is 16.3. The largest absolute Gasteiger partial charge is 0.508 e. The van der Waals surface area contributed by atoms with Crippen molar-refractivity contribution < 1.29 is 10.2 Å². The second kappa shape index (κ2) is 4.47. The van der Waals surface area contributed by atoms with Crippen molar-refractivity contribution in [2.45, 2.75) is 39.7 Å². The molecule has 1 aromatic rings. The second-order valence-corrected chi connectivity index (χ2v) is 3.95. The summed E-state index contributed by atoms with van der Waals surface area (Å²) < 4.78 is 0. The third kappa shape index (κ3) is 2.74. The van der Waals surface area contributed by atoms with Gasteiger partial charge in [-0.1, -0.05) is 0 Å². The number of phenols is 1. The Morgan fingerprint density at radius 3 is 2.14 bits per heavy atom. The zero-order valence-corrected chi connectivity index (χ0v) is 9.04. The molecule has 2 heteroatoms. The number of hydrogen-bond donors (Lipinski definition) is 2. The third-order valence-electron chi connectivity index (χ3n) is 2.49. The van der Waals surface area contributed by atoms with Crippen molar-refractivity contribution >= 4 is 0 Å². The van der Waals surface area contributed by atoms with Crippen LogP contribution in [0.2, 0.25) is 0 Å². The average molecular weight is 194 g/mol. The molecule has 1 atom stereocenters. The molecule has 0 aliphatic carbocycles. The van der Waals surface area contributed by atoms with E-state index in [1.165, 1.54) is 5.56 Å². The maximum absolute atomic E-state index is 9.35.